The van der Waals surface area contributed by atoms with E-state index in [9.17, 15) is 14.7 Å². The van der Waals surface area contributed by atoms with Gasteiger partial charge in [0.2, 0.25) is 5.43 Å². The van der Waals surface area contributed by atoms with Gasteiger partial charge >= 0.3 is 0 Å². The third-order valence-corrected chi connectivity index (χ3v) is 7.89. The molecule has 1 amide bonds. The second-order valence-electron chi connectivity index (χ2n) is 8.50. The number of pyridine rings is 1. The Morgan fingerprint density at radius 2 is 1.72 bits per heavy atom. The zero-order valence-electron chi connectivity index (χ0n) is 17.5. The SMILES string of the molecule is O=C1c2c(O)c(=O)ccn2N([C@H]2c3ccccc3CSc3ccccc32)[C@@H]2CCCCN12. The number of aromatic nitrogens is 1. The molecule has 32 heavy (non-hydrogen) atoms. The van der Waals surface area contributed by atoms with E-state index in [1.54, 1.807) is 10.9 Å². The number of nitrogens with zero attached hydrogens (tertiary/aromatic N) is 3. The molecule has 6 rings (SSSR count). The lowest BCUT2D eigenvalue weighted by Gasteiger charge is -2.51. The molecule has 3 aromatic rings. The summed E-state index contributed by atoms with van der Waals surface area (Å²) in [4.78, 5) is 28.7. The van der Waals surface area contributed by atoms with E-state index in [4.69, 9.17) is 0 Å². The van der Waals surface area contributed by atoms with E-state index in [1.165, 1.54) is 27.7 Å². The van der Waals surface area contributed by atoms with E-state index in [-0.39, 0.29) is 23.8 Å². The summed E-state index contributed by atoms with van der Waals surface area (Å²) in [7, 11) is 0. The number of rotatable bonds is 1. The number of carbonyl (C=O) groups is 1. The molecular weight excluding hydrogens is 422 g/mol. The maximum Gasteiger partial charge on any atom is 0.278 e. The molecule has 0 radical (unpaired) electrons. The summed E-state index contributed by atoms with van der Waals surface area (Å²) < 4.78 is 1.74. The molecule has 3 aliphatic heterocycles. The number of benzene rings is 2. The topological polar surface area (TPSA) is 65.8 Å². The molecule has 1 fully saturated rings. The molecule has 0 saturated carbocycles. The molecule has 6 nitrogen and oxygen atoms in total. The van der Waals surface area contributed by atoms with Crippen molar-refractivity contribution in [2.24, 2.45) is 0 Å². The van der Waals surface area contributed by atoms with Crippen molar-refractivity contribution in [3.05, 3.63) is 93.4 Å². The van der Waals surface area contributed by atoms with Gasteiger partial charge in [0.25, 0.3) is 5.91 Å². The van der Waals surface area contributed by atoms with Gasteiger partial charge in [-0.15, -0.1) is 11.8 Å². The van der Waals surface area contributed by atoms with Gasteiger partial charge < -0.3 is 10.0 Å². The van der Waals surface area contributed by atoms with Crippen LogP contribution in [0.4, 0.5) is 0 Å². The Kier molecular flexibility index (Phi) is 4.54. The van der Waals surface area contributed by atoms with E-state index in [2.05, 4.69) is 53.5 Å². The van der Waals surface area contributed by atoms with Gasteiger partial charge in [-0.2, -0.15) is 0 Å². The van der Waals surface area contributed by atoms with Crippen LogP contribution in [-0.2, 0) is 5.75 Å². The van der Waals surface area contributed by atoms with Gasteiger partial charge in [0.1, 0.15) is 6.17 Å². The number of aromatic hydroxyl groups is 1. The summed E-state index contributed by atoms with van der Waals surface area (Å²) in [6.07, 6.45) is 4.27. The zero-order chi connectivity index (χ0) is 21.8. The molecule has 3 aliphatic rings. The Morgan fingerprint density at radius 1 is 0.938 bits per heavy atom. The Labute approximate surface area is 190 Å². The van der Waals surface area contributed by atoms with Crippen LogP contribution in [0.1, 0.15) is 52.5 Å². The normalized spacial score (nSPS) is 21.8. The minimum atomic E-state index is -0.530. The molecule has 1 saturated heterocycles. The fourth-order valence-electron chi connectivity index (χ4n) is 5.29. The van der Waals surface area contributed by atoms with Crippen LogP contribution in [0.15, 0.2) is 70.5 Å². The van der Waals surface area contributed by atoms with Crippen LogP contribution in [0, 0.1) is 0 Å². The first kappa shape index (κ1) is 19.5. The van der Waals surface area contributed by atoms with Gasteiger partial charge in [-0.1, -0.05) is 42.5 Å². The number of hydrogen-bond acceptors (Lipinski definition) is 5. The van der Waals surface area contributed by atoms with Gasteiger partial charge in [-0.05, 0) is 42.0 Å². The highest BCUT2D eigenvalue weighted by Crippen LogP contribution is 2.44. The van der Waals surface area contributed by atoms with E-state index < -0.39 is 11.2 Å². The summed E-state index contributed by atoms with van der Waals surface area (Å²) in [6, 6.07) is 18.1. The smallest absolute Gasteiger partial charge is 0.278 e. The molecule has 0 unspecified atom stereocenters. The highest BCUT2D eigenvalue weighted by Gasteiger charge is 2.45. The summed E-state index contributed by atoms with van der Waals surface area (Å²) in [5.41, 5.74) is 3.14. The van der Waals surface area contributed by atoms with Crippen molar-refractivity contribution in [3.8, 4) is 5.75 Å². The third-order valence-electron chi connectivity index (χ3n) is 6.75. The minimum absolute atomic E-state index is 0.0579. The molecule has 0 aliphatic carbocycles. The average molecular weight is 446 g/mol. The molecule has 0 spiro atoms. The predicted molar refractivity (Wildman–Crippen MR) is 124 cm³/mol. The predicted octanol–water partition coefficient (Wildman–Crippen LogP) is 3.85. The highest BCUT2D eigenvalue weighted by atomic mass is 32.2. The monoisotopic (exact) mass is 445 g/mol. The van der Waals surface area contributed by atoms with Crippen molar-refractivity contribution in [1.82, 2.24) is 9.58 Å². The number of thioether (sulfide) groups is 1. The molecule has 0 bridgehead atoms. The van der Waals surface area contributed by atoms with Crippen LogP contribution in [-0.4, -0.2) is 33.3 Å². The van der Waals surface area contributed by atoms with Gasteiger partial charge in [-0.25, -0.2) is 0 Å². The van der Waals surface area contributed by atoms with Gasteiger partial charge in [0, 0.05) is 29.5 Å². The summed E-state index contributed by atoms with van der Waals surface area (Å²) >= 11 is 1.82. The molecule has 1 aromatic heterocycles. The van der Waals surface area contributed by atoms with Gasteiger partial charge in [-0.3, -0.25) is 19.3 Å². The van der Waals surface area contributed by atoms with Crippen molar-refractivity contribution >= 4 is 17.7 Å². The first-order valence-electron chi connectivity index (χ1n) is 11.0. The number of piperidine rings is 1. The lowest BCUT2D eigenvalue weighted by atomic mass is 9.92. The fraction of sp³-hybridized carbons (Fsp3) is 0.280. The molecule has 7 heteroatoms. The lowest BCUT2D eigenvalue weighted by Crippen LogP contribution is -2.63. The Bertz CT molecular complexity index is 1240. The lowest BCUT2D eigenvalue weighted by molar-refractivity contribution is 0.0462. The van der Waals surface area contributed by atoms with Gasteiger partial charge in [0.15, 0.2) is 11.4 Å². The highest BCUT2D eigenvalue weighted by molar-refractivity contribution is 7.98. The maximum atomic E-state index is 13.4. The standard InChI is InChI=1S/C25H23N3O3S/c29-19-12-14-27-23(24(19)30)25(31)26-13-6-5-11-21(26)28(27)22-17-8-2-1-7-16(17)15-32-20-10-4-3-9-18(20)22/h1-4,7-10,12,14,21-22,30H,5-6,11,13,15H2/t21-,22+/m1/s1. The second-order valence-corrected chi connectivity index (χ2v) is 9.52. The van der Waals surface area contributed by atoms with Crippen LogP contribution < -0.4 is 10.4 Å². The Hall–Kier alpha value is -3.19. The van der Waals surface area contributed by atoms with E-state index in [1.807, 2.05) is 16.7 Å². The average Bonchev–Trinajstić information content (AvgIpc) is 2.99. The van der Waals surface area contributed by atoms with E-state index in [0.29, 0.717) is 6.54 Å². The Morgan fingerprint density at radius 3 is 2.59 bits per heavy atom. The number of amides is 1. The van der Waals surface area contributed by atoms with Crippen LogP contribution >= 0.6 is 11.8 Å². The minimum Gasteiger partial charge on any atom is -0.502 e. The molecule has 1 N–H and O–H groups in total. The number of hydrogen-bond donors (Lipinski definition) is 1. The molecule has 162 valence electrons. The molecule has 2 aromatic carbocycles. The largest absolute Gasteiger partial charge is 0.502 e. The molecule has 4 heterocycles. The summed E-state index contributed by atoms with van der Waals surface area (Å²) in [5, 5.41) is 12.9. The van der Waals surface area contributed by atoms with Crippen LogP contribution in [0.5, 0.6) is 5.75 Å². The Balaban J connectivity index is 1.66. The van der Waals surface area contributed by atoms with Crippen molar-refractivity contribution in [2.45, 2.75) is 42.1 Å². The quantitative estimate of drug-likeness (QED) is 0.616. The van der Waals surface area contributed by atoms with Crippen LogP contribution in [0.3, 0.4) is 0 Å². The second kappa shape index (κ2) is 7.45. The van der Waals surface area contributed by atoms with Crippen molar-refractivity contribution in [1.29, 1.82) is 0 Å². The van der Waals surface area contributed by atoms with Crippen molar-refractivity contribution < 1.29 is 9.90 Å². The third kappa shape index (κ3) is 2.80. The van der Waals surface area contributed by atoms with Gasteiger partial charge in [0.05, 0.1) is 6.04 Å². The van der Waals surface area contributed by atoms with E-state index >= 15 is 0 Å². The number of carbonyl (C=O) groups excluding carboxylic acids is 1. The first-order chi connectivity index (χ1) is 15.6. The molecular formula is C25H23N3O3S. The van der Waals surface area contributed by atoms with Crippen molar-refractivity contribution in [2.75, 3.05) is 11.6 Å². The van der Waals surface area contributed by atoms with Crippen LogP contribution in [0.25, 0.3) is 0 Å². The summed E-state index contributed by atoms with van der Waals surface area (Å²) in [6.45, 7) is 0.618. The van der Waals surface area contributed by atoms with Crippen LogP contribution in [0.2, 0.25) is 0 Å². The maximum absolute atomic E-state index is 13.4. The number of fused-ring (bicyclic) bond motifs is 4. The zero-order valence-corrected chi connectivity index (χ0v) is 18.3. The first-order valence-corrected chi connectivity index (χ1v) is 12.0. The van der Waals surface area contributed by atoms with Crippen molar-refractivity contribution in [3.63, 3.8) is 0 Å². The van der Waals surface area contributed by atoms with E-state index in [0.717, 1.165) is 25.0 Å². The summed E-state index contributed by atoms with van der Waals surface area (Å²) in [5.74, 6) is 0.120. The fourth-order valence-corrected chi connectivity index (χ4v) is 6.38. The molecule has 2 atom stereocenters.